The topological polar surface area (TPSA) is 67.8 Å². The third-order valence-corrected chi connectivity index (χ3v) is 2.32. The summed E-state index contributed by atoms with van der Waals surface area (Å²) >= 11 is 0. The van der Waals surface area contributed by atoms with Gasteiger partial charge in [0.25, 0.3) is 0 Å². The molecule has 0 fully saturated rings. The predicted molar refractivity (Wildman–Crippen MR) is 60.1 cm³/mol. The third kappa shape index (κ3) is 3.73. The van der Waals surface area contributed by atoms with Crippen molar-refractivity contribution in [2.45, 2.75) is 19.3 Å². The Morgan fingerprint density at radius 2 is 2.11 bits per heavy atom. The highest BCUT2D eigenvalue weighted by molar-refractivity contribution is 5.97. The average Bonchev–Trinajstić information content (AvgIpc) is 2.36. The van der Waals surface area contributed by atoms with Gasteiger partial charge in [-0.05, 0) is 30.7 Å². The normalized spacial score (nSPS) is 12.8. The molecular formula is C11H12F4N2O2. The molecule has 0 aromatic heterocycles. The van der Waals surface area contributed by atoms with E-state index >= 15 is 0 Å². The summed E-state index contributed by atoms with van der Waals surface area (Å²) in [5.74, 6) is -4.35. The number of alkyl halides is 4. The van der Waals surface area contributed by atoms with Crippen LogP contribution in [0.15, 0.2) is 23.4 Å². The van der Waals surface area contributed by atoms with Crippen molar-refractivity contribution in [3.63, 3.8) is 0 Å². The van der Waals surface area contributed by atoms with Crippen LogP contribution >= 0.6 is 0 Å². The summed E-state index contributed by atoms with van der Waals surface area (Å²) in [6, 6.07) is 4.06. The zero-order chi connectivity index (χ0) is 14.6. The zero-order valence-electron chi connectivity index (χ0n) is 9.91. The Morgan fingerprint density at radius 3 is 2.58 bits per heavy atom. The Hall–Kier alpha value is -1.99. The van der Waals surface area contributed by atoms with Crippen molar-refractivity contribution in [3.05, 3.63) is 29.3 Å². The number of aryl methyl sites for hydroxylation is 1. The van der Waals surface area contributed by atoms with Gasteiger partial charge in [0, 0.05) is 5.56 Å². The first-order valence-corrected chi connectivity index (χ1v) is 5.15. The van der Waals surface area contributed by atoms with Crippen molar-refractivity contribution in [3.8, 4) is 5.75 Å². The number of nitrogens with zero attached hydrogens (tertiary/aromatic N) is 1. The Morgan fingerprint density at radius 1 is 1.47 bits per heavy atom. The minimum absolute atomic E-state index is 0.0230. The summed E-state index contributed by atoms with van der Waals surface area (Å²) in [7, 11) is 0. The fourth-order valence-corrected chi connectivity index (χ4v) is 1.27. The molecule has 0 spiro atoms. The Balaban J connectivity index is 2.82. The van der Waals surface area contributed by atoms with Gasteiger partial charge in [-0.2, -0.15) is 8.78 Å². The van der Waals surface area contributed by atoms with E-state index in [-0.39, 0.29) is 11.6 Å². The zero-order valence-corrected chi connectivity index (χ0v) is 9.91. The van der Waals surface area contributed by atoms with Gasteiger partial charge in [-0.25, -0.2) is 8.78 Å². The van der Waals surface area contributed by atoms with Crippen LogP contribution in [0.5, 0.6) is 5.75 Å². The summed E-state index contributed by atoms with van der Waals surface area (Å²) in [4.78, 5) is 0. The molecule has 1 aromatic carbocycles. The van der Waals surface area contributed by atoms with Gasteiger partial charge in [0.2, 0.25) is 0 Å². The van der Waals surface area contributed by atoms with Gasteiger partial charge >= 0.3 is 12.3 Å². The van der Waals surface area contributed by atoms with E-state index in [1.807, 2.05) is 0 Å². The molecule has 0 saturated heterocycles. The van der Waals surface area contributed by atoms with Crippen molar-refractivity contribution in [2.24, 2.45) is 10.9 Å². The number of hydrogen-bond acceptors (Lipinski definition) is 3. The standard InChI is InChI=1S/C11H12F4N2O2/c1-6-4-7(9(16)17-18)2-3-8(6)19-5-11(14,15)10(12)13/h2-4,10,18H,5H2,1H3,(H2,16,17). The smallest absolute Gasteiger partial charge is 0.340 e. The lowest BCUT2D eigenvalue weighted by Crippen LogP contribution is -2.33. The molecule has 4 nitrogen and oxygen atoms in total. The number of oxime groups is 1. The van der Waals surface area contributed by atoms with Crippen molar-refractivity contribution in [1.29, 1.82) is 0 Å². The summed E-state index contributed by atoms with van der Waals surface area (Å²) < 4.78 is 53.9. The van der Waals surface area contributed by atoms with Gasteiger partial charge in [-0.1, -0.05) is 5.16 Å². The van der Waals surface area contributed by atoms with Crippen molar-refractivity contribution in [2.75, 3.05) is 6.61 Å². The third-order valence-electron chi connectivity index (χ3n) is 2.32. The summed E-state index contributed by atoms with van der Waals surface area (Å²) in [5.41, 5.74) is 6.09. The molecule has 0 bridgehead atoms. The lowest BCUT2D eigenvalue weighted by atomic mass is 10.1. The predicted octanol–water partition coefficient (Wildman–Crippen LogP) is 2.37. The molecule has 0 aliphatic rings. The molecule has 0 aliphatic heterocycles. The Labute approximate surface area is 106 Å². The van der Waals surface area contributed by atoms with E-state index in [0.29, 0.717) is 11.1 Å². The van der Waals surface area contributed by atoms with Gasteiger partial charge in [-0.15, -0.1) is 0 Å². The van der Waals surface area contributed by atoms with E-state index in [0.717, 1.165) is 0 Å². The largest absolute Gasteiger partial charge is 0.487 e. The van der Waals surface area contributed by atoms with Crippen LogP contribution < -0.4 is 10.5 Å². The fourth-order valence-electron chi connectivity index (χ4n) is 1.27. The SMILES string of the molecule is Cc1cc(/C(N)=N/O)ccc1OCC(F)(F)C(F)F. The number of benzene rings is 1. The first-order chi connectivity index (χ1) is 8.77. The Kier molecular flexibility index (Phi) is 4.57. The second-order valence-corrected chi connectivity index (χ2v) is 3.82. The van der Waals surface area contributed by atoms with Gasteiger partial charge in [0.05, 0.1) is 0 Å². The maximum atomic E-state index is 12.7. The lowest BCUT2D eigenvalue weighted by Gasteiger charge is -2.17. The number of hydrogen-bond donors (Lipinski definition) is 2. The summed E-state index contributed by atoms with van der Waals surface area (Å²) in [6.45, 7) is 0.0957. The number of rotatable bonds is 5. The van der Waals surface area contributed by atoms with E-state index in [4.69, 9.17) is 10.9 Å². The Bertz CT molecular complexity index is 478. The van der Waals surface area contributed by atoms with Crippen LogP contribution in [0.4, 0.5) is 17.6 Å². The highest BCUT2D eigenvalue weighted by Crippen LogP contribution is 2.26. The van der Waals surface area contributed by atoms with Gasteiger partial charge < -0.3 is 15.7 Å². The van der Waals surface area contributed by atoms with Gasteiger partial charge in [-0.3, -0.25) is 0 Å². The minimum atomic E-state index is -4.21. The molecular weight excluding hydrogens is 268 g/mol. The van der Waals surface area contributed by atoms with Crippen LogP contribution in [-0.4, -0.2) is 30.0 Å². The number of ether oxygens (including phenoxy) is 1. The van der Waals surface area contributed by atoms with E-state index in [1.165, 1.54) is 25.1 Å². The molecule has 19 heavy (non-hydrogen) atoms. The molecule has 106 valence electrons. The molecule has 0 unspecified atom stereocenters. The molecule has 0 saturated carbocycles. The summed E-state index contributed by atoms with van der Waals surface area (Å²) in [6.07, 6.45) is -3.79. The summed E-state index contributed by atoms with van der Waals surface area (Å²) in [5, 5.41) is 11.2. The molecule has 0 atom stereocenters. The number of nitrogens with two attached hydrogens (primary N) is 1. The van der Waals surface area contributed by atoms with Crippen LogP contribution in [0.2, 0.25) is 0 Å². The quantitative estimate of drug-likeness (QED) is 0.286. The number of amidine groups is 1. The van der Waals surface area contributed by atoms with Crippen LogP contribution in [-0.2, 0) is 0 Å². The first kappa shape index (κ1) is 15.1. The lowest BCUT2D eigenvalue weighted by molar-refractivity contribution is -0.148. The monoisotopic (exact) mass is 280 g/mol. The molecule has 0 radical (unpaired) electrons. The van der Waals surface area contributed by atoms with E-state index in [9.17, 15) is 17.6 Å². The van der Waals surface area contributed by atoms with Crippen LogP contribution in [0.3, 0.4) is 0 Å². The van der Waals surface area contributed by atoms with E-state index in [1.54, 1.807) is 0 Å². The first-order valence-electron chi connectivity index (χ1n) is 5.15. The van der Waals surface area contributed by atoms with Gasteiger partial charge in [0.15, 0.2) is 12.4 Å². The van der Waals surface area contributed by atoms with Crippen LogP contribution in [0, 0.1) is 6.92 Å². The maximum Gasteiger partial charge on any atom is 0.340 e. The van der Waals surface area contributed by atoms with Crippen LogP contribution in [0.1, 0.15) is 11.1 Å². The highest BCUT2D eigenvalue weighted by Gasteiger charge is 2.41. The van der Waals surface area contributed by atoms with Crippen molar-refractivity contribution < 1.29 is 27.5 Å². The van der Waals surface area contributed by atoms with Crippen molar-refractivity contribution in [1.82, 2.24) is 0 Å². The number of halogens is 4. The molecule has 1 aromatic rings. The molecule has 0 amide bonds. The molecule has 0 aliphatic carbocycles. The maximum absolute atomic E-state index is 12.7. The second-order valence-electron chi connectivity index (χ2n) is 3.82. The van der Waals surface area contributed by atoms with E-state index < -0.39 is 19.0 Å². The minimum Gasteiger partial charge on any atom is -0.487 e. The van der Waals surface area contributed by atoms with Crippen molar-refractivity contribution >= 4 is 5.84 Å². The fraction of sp³-hybridized carbons (Fsp3) is 0.364. The molecule has 1 rings (SSSR count). The van der Waals surface area contributed by atoms with Gasteiger partial charge in [0.1, 0.15) is 5.75 Å². The molecule has 8 heteroatoms. The second kappa shape index (κ2) is 5.77. The highest BCUT2D eigenvalue weighted by atomic mass is 19.3. The van der Waals surface area contributed by atoms with Crippen LogP contribution in [0.25, 0.3) is 0 Å². The molecule has 3 N–H and O–H groups in total. The average molecular weight is 280 g/mol. The molecule has 0 heterocycles. The van der Waals surface area contributed by atoms with E-state index in [2.05, 4.69) is 9.89 Å².